The Hall–Kier alpha value is -0.0800. The highest BCUT2D eigenvalue weighted by Crippen LogP contribution is 2.37. The first kappa shape index (κ1) is 12.0. The molecule has 14 heavy (non-hydrogen) atoms. The molecule has 2 nitrogen and oxygen atoms in total. The Morgan fingerprint density at radius 1 is 1.21 bits per heavy atom. The molecule has 1 saturated carbocycles. The summed E-state index contributed by atoms with van der Waals surface area (Å²) >= 11 is 0. The molecule has 1 aliphatic rings. The Bertz CT molecular complexity index is 148. The fourth-order valence-electron chi connectivity index (χ4n) is 2.45. The van der Waals surface area contributed by atoms with Crippen molar-refractivity contribution in [3.8, 4) is 0 Å². The molecule has 1 aliphatic carbocycles. The summed E-state index contributed by atoms with van der Waals surface area (Å²) in [6, 6.07) is 0.638. The maximum atomic E-state index is 9.43. The Balaban J connectivity index is 2.33. The molecule has 0 radical (unpaired) electrons. The van der Waals surface area contributed by atoms with Gasteiger partial charge in [-0.1, -0.05) is 26.7 Å². The summed E-state index contributed by atoms with van der Waals surface area (Å²) in [5.74, 6) is 0. The molecule has 0 aromatic heterocycles. The van der Waals surface area contributed by atoms with Gasteiger partial charge in [0.05, 0.1) is 0 Å². The minimum absolute atomic E-state index is 0.211. The summed E-state index contributed by atoms with van der Waals surface area (Å²) in [7, 11) is 0. The van der Waals surface area contributed by atoms with Gasteiger partial charge in [0, 0.05) is 24.6 Å². The third kappa shape index (κ3) is 2.96. The van der Waals surface area contributed by atoms with Crippen LogP contribution in [-0.4, -0.2) is 24.3 Å². The van der Waals surface area contributed by atoms with Crippen molar-refractivity contribution >= 4 is 0 Å². The first-order valence-corrected chi connectivity index (χ1v) is 6.10. The van der Waals surface area contributed by atoms with Crippen LogP contribution in [-0.2, 0) is 0 Å². The van der Waals surface area contributed by atoms with Crippen molar-refractivity contribution in [2.75, 3.05) is 13.2 Å². The standard InChI is InChI=1S/C12H25NO/c1-3-11(4-2)13-9-12(10-14)7-5-6-8-12/h11,13-14H,3-10H2,1-2H3. The number of aliphatic hydroxyl groups excluding tert-OH is 1. The lowest BCUT2D eigenvalue weighted by atomic mass is 9.87. The van der Waals surface area contributed by atoms with E-state index in [2.05, 4.69) is 19.2 Å². The van der Waals surface area contributed by atoms with Gasteiger partial charge in [-0.3, -0.25) is 0 Å². The molecule has 0 atom stereocenters. The van der Waals surface area contributed by atoms with E-state index < -0.39 is 0 Å². The first-order chi connectivity index (χ1) is 6.76. The third-order valence-electron chi connectivity index (χ3n) is 3.75. The monoisotopic (exact) mass is 199 g/mol. The van der Waals surface area contributed by atoms with Crippen molar-refractivity contribution in [3.63, 3.8) is 0 Å². The van der Waals surface area contributed by atoms with E-state index in [1.54, 1.807) is 0 Å². The van der Waals surface area contributed by atoms with Crippen molar-refractivity contribution in [2.45, 2.75) is 58.4 Å². The highest BCUT2D eigenvalue weighted by molar-refractivity contribution is 4.86. The van der Waals surface area contributed by atoms with E-state index in [0.29, 0.717) is 12.6 Å². The second kappa shape index (κ2) is 5.72. The molecule has 0 unspecified atom stereocenters. The molecule has 2 heteroatoms. The van der Waals surface area contributed by atoms with Gasteiger partial charge in [-0.15, -0.1) is 0 Å². The van der Waals surface area contributed by atoms with Crippen LogP contribution in [0.2, 0.25) is 0 Å². The van der Waals surface area contributed by atoms with Crippen LogP contribution in [0.1, 0.15) is 52.4 Å². The largest absolute Gasteiger partial charge is 0.396 e. The smallest absolute Gasteiger partial charge is 0.0499 e. The van der Waals surface area contributed by atoms with Crippen LogP contribution in [0.15, 0.2) is 0 Å². The molecule has 0 aromatic rings. The van der Waals surface area contributed by atoms with E-state index >= 15 is 0 Å². The fourth-order valence-corrected chi connectivity index (χ4v) is 2.45. The molecular formula is C12H25NO. The molecule has 0 bridgehead atoms. The number of hydrogen-bond acceptors (Lipinski definition) is 2. The van der Waals surface area contributed by atoms with Gasteiger partial charge in [-0.2, -0.15) is 0 Å². The van der Waals surface area contributed by atoms with Crippen molar-refractivity contribution in [1.82, 2.24) is 5.32 Å². The number of rotatable bonds is 6. The van der Waals surface area contributed by atoms with Crippen molar-refractivity contribution in [2.24, 2.45) is 5.41 Å². The third-order valence-corrected chi connectivity index (χ3v) is 3.75. The highest BCUT2D eigenvalue weighted by Gasteiger charge is 2.33. The topological polar surface area (TPSA) is 32.3 Å². The lowest BCUT2D eigenvalue weighted by Crippen LogP contribution is -2.40. The molecule has 84 valence electrons. The molecule has 2 N–H and O–H groups in total. The minimum Gasteiger partial charge on any atom is -0.396 e. The minimum atomic E-state index is 0.211. The van der Waals surface area contributed by atoms with E-state index in [4.69, 9.17) is 0 Å². The number of aliphatic hydroxyl groups is 1. The summed E-state index contributed by atoms with van der Waals surface area (Å²) in [5, 5.41) is 13.0. The summed E-state index contributed by atoms with van der Waals surface area (Å²) in [4.78, 5) is 0. The molecule has 0 aromatic carbocycles. The fraction of sp³-hybridized carbons (Fsp3) is 1.00. The molecule has 0 spiro atoms. The molecule has 1 fully saturated rings. The lowest BCUT2D eigenvalue weighted by molar-refractivity contribution is 0.124. The zero-order chi connectivity index (χ0) is 10.4. The van der Waals surface area contributed by atoms with E-state index in [1.807, 2.05) is 0 Å². The summed E-state index contributed by atoms with van der Waals surface area (Å²) in [6.07, 6.45) is 7.39. The first-order valence-electron chi connectivity index (χ1n) is 6.10. The highest BCUT2D eigenvalue weighted by atomic mass is 16.3. The molecule has 0 heterocycles. The van der Waals surface area contributed by atoms with Crippen LogP contribution in [0.5, 0.6) is 0 Å². The Morgan fingerprint density at radius 2 is 1.79 bits per heavy atom. The Morgan fingerprint density at radius 3 is 2.21 bits per heavy atom. The quantitative estimate of drug-likeness (QED) is 0.688. The second-order valence-electron chi connectivity index (χ2n) is 4.76. The van der Waals surface area contributed by atoms with Gasteiger partial charge >= 0.3 is 0 Å². The van der Waals surface area contributed by atoms with Gasteiger partial charge < -0.3 is 10.4 Å². The molecule has 0 amide bonds. The van der Waals surface area contributed by atoms with Crippen LogP contribution in [0.4, 0.5) is 0 Å². The normalized spacial score (nSPS) is 20.6. The van der Waals surface area contributed by atoms with Crippen LogP contribution in [0.25, 0.3) is 0 Å². The number of nitrogens with one attached hydrogen (secondary N) is 1. The number of hydrogen-bond donors (Lipinski definition) is 2. The summed E-state index contributed by atoms with van der Waals surface area (Å²) in [6.45, 7) is 5.82. The van der Waals surface area contributed by atoms with E-state index in [9.17, 15) is 5.11 Å². The summed E-state index contributed by atoms with van der Waals surface area (Å²) in [5.41, 5.74) is 0.211. The second-order valence-corrected chi connectivity index (χ2v) is 4.76. The molecule has 1 rings (SSSR count). The van der Waals surface area contributed by atoms with Gasteiger partial charge in [0.2, 0.25) is 0 Å². The maximum Gasteiger partial charge on any atom is 0.0499 e. The predicted octanol–water partition coefficient (Wildman–Crippen LogP) is 2.32. The van der Waals surface area contributed by atoms with E-state index in [1.165, 1.54) is 38.5 Å². The van der Waals surface area contributed by atoms with Gasteiger partial charge in [-0.05, 0) is 25.7 Å². The average molecular weight is 199 g/mol. The Labute approximate surface area is 88.1 Å². The van der Waals surface area contributed by atoms with Gasteiger partial charge in [0.15, 0.2) is 0 Å². The van der Waals surface area contributed by atoms with Crippen molar-refractivity contribution in [3.05, 3.63) is 0 Å². The zero-order valence-electron chi connectivity index (χ0n) is 9.68. The lowest BCUT2D eigenvalue weighted by Gasteiger charge is -2.29. The molecule has 0 saturated heterocycles. The predicted molar refractivity (Wildman–Crippen MR) is 60.4 cm³/mol. The van der Waals surface area contributed by atoms with Gasteiger partial charge in [-0.25, -0.2) is 0 Å². The van der Waals surface area contributed by atoms with Crippen LogP contribution >= 0.6 is 0 Å². The van der Waals surface area contributed by atoms with E-state index in [-0.39, 0.29) is 5.41 Å². The average Bonchev–Trinajstić information content (AvgIpc) is 2.69. The zero-order valence-corrected chi connectivity index (χ0v) is 9.68. The molecule has 0 aliphatic heterocycles. The Kier molecular flexibility index (Phi) is 4.90. The van der Waals surface area contributed by atoms with Crippen LogP contribution in [0, 0.1) is 5.41 Å². The maximum absolute atomic E-state index is 9.43. The van der Waals surface area contributed by atoms with Crippen molar-refractivity contribution in [1.29, 1.82) is 0 Å². The van der Waals surface area contributed by atoms with Gasteiger partial charge in [0.25, 0.3) is 0 Å². The van der Waals surface area contributed by atoms with Gasteiger partial charge in [0.1, 0.15) is 0 Å². The molecular weight excluding hydrogens is 174 g/mol. The van der Waals surface area contributed by atoms with Crippen LogP contribution in [0.3, 0.4) is 0 Å². The summed E-state index contributed by atoms with van der Waals surface area (Å²) < 4.78 is 0. The van der Waals surface area contributed by atoms with E-state index in [0.717, 1.165) is 6.54 Å². The van der Waals surface area contributed by atoms with Crippen LogP contribution < -0.4 is 5.32 Å². The SMILES string of the molecule is CCC(CC)NCC1(CO)CCCC1. The van der Waals surface area contributed by atoms with Crippen molar-refractivity contribution < 1.29 is 5.11 Å².